The molecule has 0 spiro atoms. The van der Waals surface area contributed by atoms with Gasteiger partial charge in [-0.05, 0) is 19.4 Å². The zero-order valence-electron chi connectivity index (χ0n) is 10.5. The van der Waals surface area contributed by atoms with Gasteiger partial charge in [0, 0.05) is 6.16 Å². The molecule has 4 N–H and O–H groups in total. The van der Waals surface area contributed by atoms with E-state index in [4.69, 9.17) is 15.5 Å². The molecular formula is C11H27BrNO3P. The molecule has 4 nitrogen and oxygen atoms in total. The summed E-state index contributed by atoms with van der Waals surface area (Å²) >= 11 is 0. The quantitative estimate of drug-likeness (QED) is 0.401. The lowest BCUT2D eigenvalue weighted by molar-refractivity contribution is 0.370. The number of rotatable bonds is 11. The molecule has 0 bridgehead atoms. The smallest absolute Gasteiger partial charge is 0.325 e. The molecule has 0 atom stereocenters. The van der Waals surface area contributed by atoms with Crippen LogP contribution in [0.15, 0.2) is 0 Å². The maximum atomic E-state index is 10.6. The van der Waals surface area contributed by atoms with Crippen LogP contribution in [0.3, 0.4) is 0 Å². The summed E-state index contributed by atoms with van der Waals surface area (Å²) in [6.07, 6.45) is 10.0. The largest absolute Gasteiger partial charge is 0.330 e. The monoisotopic (exact) mass is 331 g/mol. The molecule has 0 aromatic heterocycles. The second-order valence-electron chi connectivity index (χ2n) is 4.36. The van der Waals surface area contributed by atoms with E-state index in [0.717, 1.165) is 25.8 Å². The average Bonchev–Trinajstić information content (AvgIpc) is 2.19. The van der Waals surface area contributed by atoms with Crippen molar-refractivity contribution in [2.45, 2.75) is 57.8 Å². The minimum absolute atomic E-state index is 0. The van der Waals surface area contributed by atoms with Crippen molar-refractivity contribution in [2.24, 2.45) is 5.73 Å². The summed E-state index contributed by atoms with van der Waals surface area (Å²) in [5.41, 5.74) is 5.40. The van der Waals surface area contributed by atoms with Crippen LogP contribution in [0.4, 0.5) is 0 Å². The van der Waals surface area contributed by atoms with Crippen molar-refractivity contribution < 1.29 is 14.4 Å². The van der Waals surface area contributed by atoms with Gasteiger partial charge in [0.25, 0.3) is 0 Å². The number of nitrogens with two attached hydrogens (primary N) is 1. The normalized spacial score (nSPS) is 11.2. The van der Waals surface area contributed by atoms with Crippen molar-refractivity contribution >= 4 is 24.6 Å². The summed E-state index contributed by atoms with van der Waals surface area (Å²) in [6.45, 7) is 0.794. The standard InChI is InChI=1S/C11H26NO3P.BrH/c12-10-8-6-4-2-1-3-5-7-9-11-16(13,14)15;/h1-12H2,(H2,13,14,15);1H. The number of unbranched alkanes of at least 4 members (excludes halogenated alkanes) is 8. The fraction of sp³-hybridized carbons (Fsp3) is 1.00. The second-order valence-corrected chi connectivity index (χ2v) is 6.14. The molecule has 6 heteroatoms. The predicted octanol–water partition coefficient (Wildman–Crippen LogP) is 3.21. The Hall–Kier alpha value is 0.590. The molecule has 0 fully saturated rings. The summed E-state index contributed by atoms with van der Waals surface area (Å²) < 4.78 is 10.6. The summed E-state index contributed by atoms with van der Waals surface area (Å²) in [5, 5.41) is 0. The highest BCUT2D eigenvalue weighted by molar-refractivity contribution is 8.93. The second kappa shape index (κ2) is 13.0. The Morgan fingerprint density at radius 3 is 1.47 bits per heavy atom. The summed E-state index contributed by atoms with van der Waals surface area (Å²) in [4.78, 5) is 17.3. The van der Waals surface area contributed by atoms with Crippen molar-refractivity contribution in [3.63, 3.8) is 0 Å². The lowest BCUT2D eigenvalue weighted by Crippen LogP contribution is -1.97. The minimum Gasteiger partial charge on any atom is -0.330 e. The van der Waals surface area contributed by atoms with Crippen LogP contribution >= 0.6 is 24.6 Å². The zero-order valence-corrected chi connectivity index (χ0v) is 13.1. The molecule has 0 aromatic carbocycles. The molecule has 0 aromatic rings. The van der Waals surface area contributed by atoms with Crippen LogP contribution in [0, 0.1) is 0 Å². The van der Waals surface area contributed by atoms with Crippen molar-refractivity contribution in [1.82, 2.24) is 0 Å². The Kier molecular flexibility index (Phi) is 15.3. The van der Waals surface area contributed by atoms with E-state index in [2.05, 4.69) is 0 Å². The highest BCUT2D eigenvalue weighted by atomic mass is 79.9. The Balaban J connectivity index is 0. The lowest BCUT2D eigenvalue weighted by atomic mass is 10.1. The van der Waals surface area contributed by atoms with Crippen molar-refractivity contribution in [3.05, 3.63) is 0 Å². The molecule has 106 valence electrons. The number of halogens is 1. The first-order valence-corrected chi connectivity index (χ1v) is 8.10. The molecule has 0 heterocycles. The summed E-state index contributed by atoms with van der Waals surface area (Å²) in [7, 11) is -3.75. The molecule has 0 saturated heterocycles. The first-order valence-electron chi connectivity index (χ1n) is 6.31. The molecule has 0 aliphatic rings. The van der Waals surface area contributed by atoms with E-state index >= 15 is 0 Å². The third-order valence-electron chi connectivity index (χ3n) is 2.65. The summed E-state index contributed by atoms with van der Waals surface area (Å²) in [5.74, 6) is 0. The molecule has 0 saturated carbocycles. The fourth-order valence-electron chi connectivity index (χ4n) is 1.70. The number of hydrogen-bond acceptors (Lipinski definition) is 2. The van der Waals surface area contributed by atoms with E-state index in [1.165, 1.54) is 32.1 Å². The van der Waals surface area contributed by atoms with Gasteiger partial charge in [0.1, 0.15) is 0 Å². The Morgan fingerprint density at radius 1 is 0.765 bits per heavy atom. The van der Waals surface area contributed by atoms with Gasteiger partial charge >= 0.3 is 7.60 Å². The van der Waals surface area contributed by atoms with Crippen molar-refractivity contribution in [2.75, 3.05) is 12.7 Å². The molecule has 0 amide bonds. The van der Waals surface area contributed by atoms with Gasteiger partial charge in [-0.25, -0.2) is 0 Å². The van der Waals surface area contributed by atoms with E-state index < -0.39 is 7.60 Å². The molecule has 0 unspecified atom stereocenters. The lowest BCUT2D eigenvalue weighted by Gasteiger charge is -2.03. The molecule has 0 aliphatic heterocycles. The van der Waals surface area contributed by atoms with Gasteiger partial charge in [-0.15, -0.1) is 17.0 Å². The highest BCUT2D eigenvalue weighted by Crippen LogP contribution is 2.35. The van der Waals surface area contributed by atoms with E-state index in [9.17, 15) is 4.57 Å². The van der Waals surface area contributed by atoms with Gasteiger partial charge in [0.15, 0.2) is 0 Å². The maximum absolute atomic E-state index is 10.6. The van der Waals surface area contributed by atoms with E-state index in [-0.39, 0.29) is 23.1 Å². The van der Waals surface area contributed by atoms with E-state index in [1.807, 2.05) is 0 Å². The summed E-state index contributed by atoms with van der Waals surface area (Å²) in [6, 6.07) is 0. The van der Waals surface area contributed by atoms with Crippen LogP contribution < -0.4 is 5.73 Å². The molecule has 17 heavy (non-hydrogen) atoms. The first kappa shape index (κ1) is 19.9. The predicted molar refractivity (Wildman–Crippen MR) is 77.8 cm³/mol. The Morgan fingerprint density at radius 2 is 1.12 bits per heavy atom. The van der Waals surface area contributed by atoms with Crippen LogP contribution in [0.25, 0.3) is 0 Å². The van der Waals surface area contributed by atoms with Gasteiger partial charge in [-0.1, -0.05) is 44.9 Å². The molecule has 0 rings (SSSR count). The first-order chi connectivity index (χ1) is 7.56. The highest BCUT2D eigenvalue weighted by Gasteiger charge is 2.10. The van der Waals surface area contributed by atoms with Crippen LogP contribution in [-0.2, 0) is 4.57 Å². The number of hydrogen-bond donors (Lipinski definition) is 3. The molecule has 0 radical (unpaired) electrons. The minimum atomic E-state index is -3.75. The molecule has 0 aliphatic carbocycles. The van der Waals surface area contributed by atoms with Crippen LogP contribution in [0.5, 0.6) is 0 Å². The average molecular weight is 332 g/mol. The third-order valence-corrected chi connectivity index (χ3v) is 3.55. The maximum Gasteiger partial charge on any atom is 0.325 e. The van der Waals surface area contributed by atoms with Gasteiger partial charge in [0.05, 0.1) is 0 Å². The molecular weight excluding hydrogens is 305 g/mol. The fourth-order valence-corrected chi connectivity index (χ4v) is 2.34. The SMILES string of the molecule is Br.NCCCCCCCCCCCP(=O)(O)O. The third kappa shape index (κ3) is 19.1. The van der Waals surface area contributed by atoms with Crippen molar-refractivity contribution in [3.8, 4) is 0 Å². The Bertz CT molecular complexity index is 199. The van der Waals surface area contributed by atoms with Crippen LogP contribution in [0.2, 0.25) is 0 Å². The van der Waals surface area contributed by atoms with Crippen LogP contribution in [-0.4, -0.2) is 22.5 Å². The Labute approximate surface area is 115 Å². The van der Waals surface area contributed by atoms with E-state index in [0.29, 0.717) is 6.42 Å². The zero-order chi connectivity index (χ0) is 12.3. The van der Waals surface area contributed by atoms with Gasteiger partial charge in [-0.3, -0.25) is 4.57 Å². The van der Waals surface area contributed by atoms with Crippen LogP contribution in [0.1, 0.15) is 57.8 Å². The van der Waals surface area contributed by atoms with Gasteiger partial charge < -0.3 is 15.5 Å². The van der Waals surface area contributed by atoms with Gasteiger partial charge in [-0.2, -0.15) is 0 Å². The van der Waals surface area contributed by atoms with Gasteiger partial charge in [0.2, 0.25) is 0 Å². The van der Waals surface area contributed by atoms with E-state index in [1.54, 1.807) is 0 Å². The van der Waals surface area contributed by atoms with Crippen molar-refractivity contribution in [1.29, 1.82) is 0 Å². The topological polar surface area (TPSA) is 83.6 Å².